The van der Waals surface area contributed by atoms with Gasteiger partial charge in [-0.05, 0) is 31.4 Å². The number of carbonyl (C=O) groups is 1. The fraction of sp³-hybridized carbons (Fsp3) is 0.316. The van der Waals surface area contributed by atoms with Gasteiger partial charge < -0.3 is 5.32 Å². The maximum absolute atomic E-state index is 12.6. The maximum atomic E-state index is 12.6. The van der Waals surface area contributed by atoms with Crippen molar-refractivity contribution in [2.24, 2.45) is 0 Å². The summed E-state index contributed by atoms with van der Waals surface area (Å²) in [6.45, 7) is 4.13. The Hall–Kier alpha value is -3.29. The van der Waals surface area contributed by atoms with Gasteiger partial charge in [0.2, 0.25) is 5.91 Å². The molecule has 0 saturated heterocycles. The molecule has 1 N–H and O–H groups in total. The van der Waals surface area contributed by atoms with E-state index in [0.29, 0.717) is 13.0 Å². The van der Waals surface area contributed by atoms with Crippen molar-refractivity contribution < 1.29 is 4.79 Å². The van der Waals surface area contributed by atoms with Crippen LogP contribution in [0.2, 0.25) is 0 Å². The third-order valence-electron chi connectivity index (χ3n) is 4.38. The number of benzene rings is 1. The molecule has 0 aliphatic heterocycles. The molecule has 2 aromatic heterocycles. The fourth-order valence-corrected chi connectivity index (χ4v) is 2.78. The van der Waals surface area contributed by atoms with Crippen LogP contribution in [-0.2, 0) is 17.9 Å². The van der Waals surface area contributed by atoms with Gasteiger partial charge in [-0.25, -0.2) is 9.67 Å². The van der Waals surface area contributed by atoms with Crippen molar-refractivity contribution in [2.45, 2.75) is 39.4 Å². The number of aryl methyl sites for hydroxylation is 3. The summed E-state index contributed by atoms with van der Waals surface area (Å²) in [6, 6.07) is 11.0. The van der Waals surface area contributed by atoms with Gasteiger partial charge >= 0.3 is 0 Å². The molecule has 0 fully saturated rings. The largest absolute Gasteiger partial charge is 0.348 e. The van der Waals surface area contributed by atoms with Crippen LogP contribution in [0.15, 0.2) is 53.8 Å². The first-order valence-corrected chi connectivity index (χ1v) is 8.75. The van der Waals surface area contributed by atoms with Crippen molar-refractivity contribution in [3.8, 4) is 0 Å². The van der Waals surface area contributed by atoms with Crippen molar-refractivity contribution in [3.05, 3.63) is 76.2 Å². The van der Waals surface area contributed by atoms with Crippen LogP contribution in [0, 0.1) is 13.8 Å². The Morgan fingerprint density at radius 1 is 1.22 bits per heavy atom. The zero-order valence-corrected chi connectivity index (χ0v) is 15.4. The molecule has 0 bridgehead atoms. The number of hydrogen-bond acceptors (Lipinski definition) is 5. The van der Waals surface area contributed by atoms with Gasteiger partial charge in [0, 0.05) is 12.6 Å². The van der Waals surface area contributed by atoms with E-state index in [9.17, 15) is 9.59 Å². The number of nitrogens with one attached hydrogen (secondary N) is 1. The van der Waals surface area contributed by atoms with E-state index in [4.69, 9.17) is 0 Å². The summed E-state index contributed by atoms with van der Waals surface area (Å²) in [5.41, 5.74) is 2.25. The smallest absolute Gasteiger partial charge is 0.267 e. The van der Waals surface area contributed by atoms with Crippen LogP contribution in [-0.4, -0.2) is 30.5 Å². The molecule has 0 aliphatic carbocycles. The van der Waals surface area contributed by atoms with Crippen molar-refractivity contribution in [3.63, 3.8) is 0 Å². The highest BCUT2D eigenvalue weighted by atomic mass is 16.2. The van der Waals surface area contributed by atoms with E-state index < -0.39 is 0 Å². The Morgan fingerprint density at radius 3 is 2.70 bits per heavy atom. The van der Waals surface area contributed by atoms with Gasteiger partial charge in [0.05, 0.1) is 11.7 Å². The molecule has 1 aromatic carbocycles. The quantitative estimate of drug-likeness (QED) is 0.682. The van der Waals surface area contributed by atoms with Crippen LogP contribution in [0.25, 0.3) is 0 Å². The van der Waals surface area contributed by atoms with Crippen molar-refractivity contribution in [2.75, 3.05) is 0 Å². The molecule has 140 valence electrons. The van der Waals surface area contributed by atoms with Crippen LogP contribution in [0.4, 0.5) is 0 Å². The Balaban J connectivity index is 1.72. The molecule has 3 aromatic rings. The highest BCUT2D eigenvalue weighted by Crippen LogP contribution is 2.17. The lowest BCUT2D eigenvalue weighted by molar-refractivity contribution is -0.122. The monoisotopic (exact) mass is 366 g/mol. The number of carbonyl (C=O) groups excluding carboxylic acids is 1. The van der Waals surface area contributed by atoms with Crippen molar-refractivity contribution >= 4 is 5.91 Å². The third kappa shape index (κ3) is 4.87. The standard InChI is InChI=1S/C19H22N6O2/c1-14-10-19(27)25(23-15(14)2)11-18(26)22-17(16-6-4-3-5-7-16)8-9-24-13-20-12-21-24/h3-7,10,12-13,17H,8-9,11H2,1-2H3,(H,22,26). The summed E-state index contributed by atoms with van der Waals surface area (Å²) < 4.78 is 2.91. The molecule has 2 heterocycles. The second-order valence-electron chi connectivity index (χ2n) is 6.39. The molecule has 27 heavy (non-hydrogen) atoms. The van der Waals surface area contributed by atoms with Crippen LogP contribution in [0.3, 0.4) is 0 Å². The Labute approximate surface area is 156 Å². The average Bonchev–Trinajstić information content (AvgIpc) is 3.17. The average molecular weight is 366 g/mol. The second-order valence-corrected chi connectivity index (χ2v) is 6.39. The Bertz CT molecular complexity index is 950. The first-order chi connectivity index (χ1) is 13.0. The molecule has 8 heteroatoms. The molecule has 0 saturated carbocycles. The van der Waals surface area contributed by atoms with Gasteiger partial charge in [-0.3, -0.25) is 14.3 Å². The van der Waals surface area contributed by atoms with Gasteiger partial charge in [0.15, 0.2) is 0 Å². The van der Waals surface area contributed by atoms with E-state index in [1.165, 1.54) is 17.1 Å². The predicted octanol–water partition coefficient (Wildman–Crippen LogP) is 1.40. The number of nitrogens with zero attached hydrogens (tertiary/aromatic N) is 5. The van der Waals surface area contributed by atoms with E-state index in [0.717, 1.165) is 16.8 Å². The van der Waals surface area contributed by atoms with E-state index in [2.05, 4.69) is 20.5 Å². The first kappa shape index (κ1) is 18.5. The molecule has 3 rings (SSSR count). The third-order valence-corrected chi connectivity index (χ3v) is 4.38. The summed E-state index contributed by atoms with van der Waals surface area (Å²) in [7, 11) is 0. The van der Waals surface area contributed by atoms with Crippen LogP contribution in [0.1, 0.15) is 29.3 Å². The molecule has 0 spiro atoms. The minimum Gasteiger partial charge on any atom is -0.348 e. The zero-order chi connectivity index (χ0) is 19.2. The summed E-state index contributed by atoms with van der Waals surface area (Å²) in [5.74, 6) is -0.264. The number of hydrogen-bond donors (Lipinski definition) is 1. The van der Waals surface area contributed by atoms with Crippen LogP contribution >= 0.6 is 0 Å². The normalized spacial score (nSPS) is 11.9. The molecule has 0 radical (unpaired) electrons. The molecule has 0 aliphatic rings. The molecule has 8 nitrogen and oxygen atoms in total. The predicted molar refractivity (Wildman–Crippen MR) is 99.9 cm³/mol. The summed E-state index contributed by atoms with van der Waals surface area (Å²) in [6.07, 6.45) is 3.77. The number of amides is 1. The highest BCUT2D eigenvalue weighted by Gasteiger charge is 2.16. The fourth-order valence-electron chi connectivity index (χ4n) is 2.78. The van der Waals surface area contributed by atoms with E-state index in [-0.39, 0.29) is 24.1 Å². The summed E-state index contributed by atoms with van der Waals surface area (Å²) in [4.78, 5) is 28.6. The second kappa shape index (κ2) is 8.39. The lowest BCUT2D eigenvalue weighted by atomic mass is 10.0. The van der Waals surface area contributed by atoms with Gasteiger partial charge in [-0.2, -0.15) is 10.2 Å². The van der Waals surface area contributed by atoms with Crippen molar-refractivity contribution in [1.29, 1.82) is 0 Å². The minimum absolute atomic E-state index is 0.118. The van der Waals surface area contributed by atoms with E-state index in [1.54, 1.807) is 11.0 Å². The Kier molecular flexibility index (Phi) is 5.75. The van der Waals surface area contributed by atoms with Gasteiger partial charge in [0.1, 0.15) is 19.2 Å². The van der Waals surface area contributed by atoms with Gasteiger partial charge in [-0.15, -0.1) is 0 Å². The maximum Gasteiger partial charge on any atom is 0.267 e. The molecule has 1 unspecified atom stereocenters. The molecular weight excluding hydrogens is 344 g/mol. The number of aromatic nitrogens is 5. The van der Waals surface area contributed by atoms with E-state index in [1.807, 2.05) is 44.2 Å². The zero-order valence-electron chi connectivity index (χ0n) is 15.4. The lowest BCUT2D eigenvalue weighted by Gasteiger charge is -2.19. The summed E-state index contributed by atoms with van der Waals surface area (Å²) in [5, 5.41) is 11.3. The van der Waals surface area contributed by atoms with Gasteiger partial charge in [0.25, 0.3) is 5.56 Å². The lowest BCUT2D eigenvalue weighted by Crippen LogP contribution is -2.36. The van der Waals surface area contributed by atoms with E-state index >= 15 is 0 Å². The van der Waals surface area contributed by atoms with Crippen LogP contribution in [0.5, 0.6) is 0 Å². The highest BCUT2D eigenvalue weighted by molar-refractivity contribution is 5.76. The number of rotatable bonds is 7. The van der Waals surface area contributed by atoms with Crippen LogP contribution < -0.4 is 10.9 Å². The summed E-state index contributed by atoms with van der Waals surface area (Å²) >= 11 is 0. The Morgan fingerprint density at radius 2 is 2.00 bits per heavy atom. The van der Waals surface area contributed by atoms with Crippen molar-refractivity contribution in [1.82, 2.24) is 29.9 Å². The SMILES string of the molecule is Cc1cc(=O)n(CC(=O)NC(CCn2cncn2)c2ccccc2)nc1C. The topological polar surface area (TPSA) is 94.7 Å². The molecule has 1 atom stereocenters. The molecule has 1 amide bonds. The molecular formula is C19H22N6O2. The minimum atomic E-state index is -0.285. The first-order valence-electron chi connectivity index (χ1n) is 8.75. The van der Waals surface area contributed by atoms with Gasteiger partial charge in [-0.1, -0.05) is 30.3 Å².